The van der Waals surface area contributed by atoms with Gasteiger partial charge in [-0.3, -0.25) is 4.79 Å². The minimum atomic E-state index is 0.0652. The van der Waals surface area contributed by atoms with Crippen LogP contribution in [0.4, 0.5) is 5.82 Å². The standard InChI is InChI=1S/C10H10N2O/c13-9-4-7-3-8(6-1-2-6)5-11-10(7)12-9/h3,5-6H,1-2,4H2,(H,11,12,13). The average Bonchev–Trinajstić information content (AvgIpc) is 2.87. The van der Waals surface area contributed by atoms with E-state index in [0.29, 0.717) is 12.3 Å². The molecule has 0 atom stereocenters. The number of nitrogens with one attached hydrogen (secondary N) is 1. The van der Waals surface area contributed by atoms with Crippen LogP contribution in [-0.2, 0) is 11.2 Å². The summed E-state index contributed by atoms with van der Waals surface area (Å²) in [7, 11) is 0. The van der Waals surface area contributed by atoms with Gasteiger partial charge in [-0.15, -0.1) is 0 Å². The van der Waals surface area contributed by atoms with E-state index in [1.165, 1.54) is 18.4 Å². The van der Waals surface area contributed by atoms with Gasteiger partial charge in [-0.2, -0.15) is 0 Å². The van der Waals surface area contributed by atoms with E-state index < -0.39 is 0 Å². The number of anilines is 1. The molecule has 3 rings (SSSR count). The van der Waals surface area contributed by atoms with E-state index in [1.807, 2.05) is 6.20 Å². The summed E-state index contributed by atoms with van der Waals surface area (Å²) in [6.07, 6.45) is 4.95. The molecule has 1 aliphatic heterocycles. The molecule has 13 heavy (non-hydrogen) atoms. The van der Waals surface area contributed by atoms with E-state index in [1.54, 1.807) is 0 Å². The van der Waals surface area contributed by atoms with Crippen molar-refractivity contribution in [3.8, 4) is 0 Å². The van der Waals surface area contributed by atoms with Crippen LogP contribution in [0.1, 0.15) is 29.9 Å². The predicted molar refractivity (Wildman–Crippen MR) is 48.5 cm³/mol. The first-order valence-electron chi connectivity index (χ1n) is 4.61. The highest BCUT2D eigenvalue weighted by Gasteiger charge is 2.26. The van der Waals surface area contributed by atoms with E-state index in [0.717, 1.165) is 11.4 Å². The van der Waals surface area contributed by atoms with Crippen molar-refractivity contribution < 1.29 is 4.79 Å². The summed E-state index contributed by atoms with van der Waals surface area (Å²) >= 11 is 0. The molecular formula is C10H10N2O. The summed E-state index contributed by atoms with van der Waals surface area (Å²) in [4.78, 5) is 15.3. The largest absolute Gasteiger partial charge is 0.310 e. The zero-order chi connectivity index (χ0) is 8.84. The summed E-state index contributed by atoms with van der Waals surface area (Å²) in [5.74, 6) is 1.54. The van der Waals surface area contributed by atoms with Crippen LogP contribution in [-0.4, -0.2) is 10.9 Å². The fourth-order valence-electron chi connectivity index (χ4n) is 1.77. The molecule has 0 aromatic carbocycles. The molecular weight excluding hydrogens is 164 g/mol. The second kappa shape index (κ2) is 2.31. The fraction of sp³-hybridized carbons (Fsp3) is 0.400. The molecule has 1 saturated carbocycles. The summed E-state index contributed by atoms with van der Waals surface area (Å²) in [6.45, 7) is 0. The molecule has 1 N–H and O–H groups in total. The van der Waals surface area contributed by atoms with Crippen LogP contribution in [0.15, 0.2) is 12.3 Å². The Labute approximate surface area is 76.2 Å². The molecule has 1 aliphatic carbocycles. The van der Waals surface area contributed by atoms with Crippen LogP contribution in [0.2, 0.25) is 0 Å². The van der Waals surface area contributed by atoms with E-state index in [-0.39, 0.29) is 5.91 Å². The van der Waals surface area contributed by atoms with Crippen LogP contribution < -0.4 is 5.32 Å². The fourth-order valence-corrected chi connectivity index (χ4v) is 1.77. The highest BCUT2D eigenvalue weighted by Crippen LogP contribution is 2.40. The van der Waals surface area contributed by atoms with Gasteiger partial charge in [0.2, 0.25) is 5.91 Å². The number of fused-ring (bicyclic) bond motifs is 1. The molecule has 0 saturated heterocycles. The lowest BCUT2D eigenvalue weighted by atomic mass is 10.1. The monoisotopic (exact) mass is 174 g/mol. The number of hydrogen-bond donors (Lipinski definition) is 1. The van der Waals surface area contributed by atoms with Gasteiger partial charge in [0.25, 0.3) is 0 Å². The number of carbonyl (C=O) groups is 1. The Kier molecular flexibility index (Phi) is 1.26. The Morgan fingerprint density at radius 2 is 2.31 bits per heavy atom. The molecule has 1 fully saturated rings. The van der Waals surface area contributed by atoms with Crippen LogP contribution in [0.25, 0.3) is 0 Å². The Balaban J connectivity index is 2.02. The lowest BCUT2D eigenvalue weighted by Gasteiger charge is -2.00. The van der Waals surface area contributed by atoms with Gasteiger partial charge in [-0.25, -0.2) is 4.98 Å². The second-order valence-corrected chi connectivity index (χ2v) is 3.78. The number of rotatable bonds is 1. The van der Waals surface area contributed by atoms with Crippen molar-refractivity contribution in [2.75, 3.05) is 5.32 Å². The Hall–Kier alpha value is -1.38. The molecule has 2 aliphatic rings. The molecule has 3 nitrogen and oxygen atoms in total. The zero-order valence-corrected chi connectivity index (χ0v) is 7.21. The van der Waals surface area contributed by atoms with Gasteiger partial charge in [0.05, 0.1) is 6.42 Å². The van der Waals surface area contributed by atoms with Crippen molar-refractivity contribution >= 4 is 11.7 Å². The molecule has 0 spiro atoms. The van der Waals surface area contributed by atoms with E-state index in [9.17, 15) is 4.79 Å². The first-order chi connectivity index (χ1) is 6.33. The van der Waals surface area contributed by atoms with Crippen LogP contribution in [0, 0.1) is 0 Å². The molecule has 1 aromatic rings. The average molecular weight is 174 g/mol. The Bertz CT molecular complexity index is 383. The minimum absolute atomic E-state index is 0.0652. The highest BCUT2D eigenvalue weighted by molar-refractivity contribution is 5.97. The van der Waals surface area contributed by atoms with Crippen molar-refractivity contribution in [2.45, 2.75) is 25.2 Å². The van der Waals surface area contributed by atoms with E-state index in [2.05, 4.69) is 16.4 Å². The van der Waals surface area contributed by atoms with E-state index in [4.69, 9.17) is 0 Å². The first-order valence-corrected chi connectivity index (χ1v) is 4.61. The summed E-state index contributed by atoms with van der Waals surface area (Å²) in [6, 6.07) is 2.12. The summed E-state index contributed by atoms with van der Waals surface area (Å²) in [5.41, 5.74) is 2.37. The van der Waals surface area contributed by atoms with Gasteiger partial charge in [0.1, 0.15) is 5.82 Å². The van der Waals surface area contributed by atoms with Gasteiger partial charge < -0.3 is 5.32 Å². The lowest BCUT2D eigenvalue weighted by Crippen LogP contribution is -2.04. The molecule has 2 heterocycles. The SMILES string of the molecule is O=C1Cc2cc(C3CC3)cnc2N1. The molecule has 66 valence electrons. The molecule has 0 radical (unpaired) electrons. The van der Waals surface area contributed by atoms with Crippen molar-refractivity contribution in [3.05, 3.63) is 23.4 Å². The molecule has 3 heteroatoms. The third-order valence-corrected chi connectivity index (χ3v) is 2.65. The zero-order valence-electron chi connectivity index (χ0n) is 7.21. The maximum absolute atomic E-state index is 11.0. The molecule has 0 unspecified atom stereocenters. The highest BCUT2D eigenvalue weighted by atomic mass is 16.1. The maximum Gasteiger partial charge on any atom is 0.230 e. The van der Waals surface area contributed by atoms with Gasteiger partial charge >= 0.3 is 0 Å². The number of hydrogen-bond acceptors (Lipinski definition) is 2. The van der Waals surface area contributed by atoms with Crippen LogP contribution >= 0.6 is 0 Å². The third kappa shape index (κ3) is 1.11. The number of carbonyl (C=O) groups excluding carboxylic acids is 1. The van der Waals surface area contributed by atoms with Crippen molar-refractivity contribution in [1.82, 2.24) is 4.98 Å². The lowest BCUT2D eigenvalue weighted by molar-refractivity contribution is -0.115. The quantitative estimate of drug-likeness (QED) is 0.700. The molecule has 1 aromatic heterocycles. The number of amides is 1. The summed E-state index contributed by atoms with van der Waals surface area (Å²) < 4.78 is 0. The van der Waals surface area contributed by atoms with E-state index >= 15 is 0 Å². The van der Waals surface area contributed by atoms with Crippen molar-refractivity contribution in [1.29, 1.82) is 0 Å². The van der Waals surface area contributed by atoms with Crippen LogP contribution in [0.3, 0.4) is 0 Å². The van der Waals surface area contributed by atoms with Crippen molar-refractivity contribution in [3.63, 3.8) is 0 Å². The number of aromatic nitrogens is 1. The van der Waals surface area contributed by atoms with Gasteiger partial charge in [0.15, 0.2) is 0 Å². The second-order valence-electron chi connectivity index (χ2n) is 3.78. The van der Waals surface area contributed by atoms with Gasteiger partial charge in [-0.1, -0.05) is 0 Å². The minimum Gasteiger partial charge on any atom is -0.310 e. The number of pyridine rings is 1. The number of nitrogens with zero attached hydrogens (tertiary/aromatic N) is 1. The van der Waals surface area contributed by atoms with Gasteiger partial charge in [0, 0.05) is 11.8 Å². The smallest absolute Gasteiger partial charge is 0.230 e. The molecule has 1 amide bonds. The van der Waals surface area contributed by atoms with Crippen molar-refractivity contribution in [2.24, 2.45) is 0 Å². The topological polar surface area (TPSA) is 42.0 Å². The van der Waals surface area contributed by atoms with Crippen LogP contribution in [0.5, 0.6) is 0 Å². The summed E-state index contributed by atoms with van der Waals surface area (Å²) in [5, 5.41) is 2.73. The van der Waals surface area contributed by atoms with Gasteiger partial charge in [-0.05, 0) is 30.4 Å². The first kappa shape index (κ1) is 7.06. The maximum atomic E-state index is 11.0. The predicted octanol–water partition coefficient (Wildman–Crippen LogP) is 1.45. The molecule has 0 bridgehead atoms. The Morgan fingerprint density at radius 3 is 3.08 bits per heavy atom. The normalized spacial score (nSPS) is 19.8. The third-order valence-electron chi connectivity index (χ3n) is 2.65. The Morgan fingerprint density at radius 1 is 1.46 bits per heavy atom.